The van der Waals surface area contributed by atoms with Gasteiger partial charge in [-0.15, -0.1) is 0 Å². The Morgan fingerprint density at radius 3 is 2.35 bits per heavy atom. The Bertz CT molecular complexity index is 442. The summed E-state index contributed by atoms with van der Waals surface area (Å²) in [7, 11) is 1.68. The average molecular weight is 275 g/mol. The molecule has 1 aliphatic heterocycles. The Morgan fingerprint density at radius 1 is 1.00 bits per heavy atom. The van der Waals surface area contributed by atoms with Crippen LogP contribution in [0, 0.1) is 0 Å². The fraction of sp³-hybridized carbons (Fsp3) is 0.647. The van der Waals surface area contributed by atoms with E-state index in [4.69, 9.17) is 4.74 Å². The predicted molar refractivity (Wildman–Crippen MR) is 79.9 cm³/mol. The SMILES string of the molecule is COc1ccc(C2(O)CCCNC23CCCCC3)cc1. The number of hydrogen-bond acceptors (Lipinski definition) is 3. The summed E-state index contributed by atoms with van der Waals surface area (Å²) in [6.45, 7) is 1.03. The number of methoxy groups -OCH3 is 1. The van der Waals surface area contributed by atoms with Gasteiger partial charge in [0.1, 0.15) is 11.4 Å². The Hall–Kier alpha value is -1.06. The van der Waals surface area contributed by atoms with Crippen LogP contribution in [-0.2, 0) is 5.60 Å². The van der Waals surface area contributed by atoms with Gasteiger partial charge in [0.2, 0.25) is 0 Å². The zero-order valence-corrected chi connectivity index (χ0v) is 12.3. The molecule has 2 aliphatic rings. The average Bonchev–Trinajstić information content (AvgIpc) is 2.51. The van der Waals surface area contributed by atoms with Crippen LogP contribution in [0.2, 0.25) is 0 Å². The molecule has 2 fully saturated rings. The zero-order chi connectivity index (χ0) is 14.1. The summed E-state index contributed by atoms with van der Waals surface area (Å²) in [5, 5.41) is 15.1. The van der Waals surface area contributed by atoms with Crippen LogP contribution >= 0.6 is 0 Å². The molecule has 1 aromatic rings. The van der Waals surface area contributed by atoms with E-state index in [0.29, 0.717) is 0 Å². The first-order chi connectivity index (χ1) is 9.70. The van der Waals surface area contributed by atoms with Gasteiger partial charge in [0.05, 0.1) is 12.6 Å². The van der Waals surface area contributed by atoms with Crippen LogP contribution in [0.25, 0.3) is 0 Å². The van der Waals surface area contributed by atoms with Gasteiger partial charge in [-0.25, -0.2) is 0 Å². The molecule has 0 amide bonds. The zero-order valence-electron chi connectivity index (χ0n) is 12.3. The summed E-state index contributed by atoms with van der Waals surface area (Å²) < 4.78 is 5.23. The van der Waals surface area contributed by atoms with Crippen molar-refractivity contribution in [1.29, 1.82) is 0 Å². The van der Waals surface area contributed by atoms with Crippen LogP contribution in [0.4, 0.5) is 0 Å². The molecule has 0 aromatic heterocycles. The van der Waals surface area contributed by atoms with Crippen LogP contribution in [0.5, 0.6) is 5.75 Å². The maximum atomic E-state index is 11.5. The first kappa shape index (κ1) is 13.9. The number of aliphatic hydroxyl groups is 1. The third kappa shape index (κ3) is 2.13. The van der Waals surface area contributed by atoms with Gasteiger partial charge in [0.15, 0.2) is 0 Å². The van der Waals surface area contributed by atoms with Crippen molar-refractivity contribution in [2.24, 2.45) is 0 Å². The molecular weight excluding hydrogens is 250 g/mol. The van der Waals surface area contributed by atoms with Crippen LogP contribution in [0.1, 0.15) is 50.5 Å². The Kier molecular flexibility index (Phi) is 3.74. The van der Waals surface area contributed by atoms with E-state index in [9.17, 15) is 5.11 Å². The highest BCUT2D eigenvalue weighted by Crippen LogP contribution is 2.47. The van der Waals surface area contributed by atoms with Crippen molar-refractivity contribution < 1.29 is 9.84 Å². The topological polar surface area (TPSA) is 41.5 Å². The largest absolute Gasteiger partial charge is 0.497 e. The number of hydrogen-bond donors (Lipinski definition) is 2. The molecule has 1 unspecified atom stereocenters. The molecule has 110 valence electrons. The van der Waals surface area contributed by atoms with Gasteiger partial charge in [-0.2, -0.15) is 0 Å². The second kappa shape index (κ2) is 5.38. The molecule has 0 radical (unpaired) electrons. The van der Waals surface area contributed by atoms with E-state index in [0.717, 1.165) is 43.5 Å². The van der Waals surface area contributed by atoms with Crippen LogP contribution in [-0.4, -0.2) is 24.3 Å². The van der Waals surface area contributed by atoms with Gasteiger partial charge in [0, 0.05) is 0 Å². The van der Waals surface area contributed by atoms with Gasteiger partial charge < -0.3 is 15.2 Å². The van der Waals surface area contributed by atoms with Crippen molar-refractivity contribution in [2.75, 3.05) is 13.7 Å². The molecule has 1 heterocycles. The summed E-state index contributed by atoms with van der Waals surface area (Å²) in [6, 6.07) is 7.97. The molecule has 3 heteroatoms. The third-order valence-corrected chi connectivity index (χ3v) is 5.25. The molecule has 1 aromatic carbocycles. The van der Waals surface area contributed by atoms with Crippen LogP contribution in [0.15, 0.2) is 24.3 Å². The van der Waals surface area contributed by atoms with Crippen molar-refractivity contribution in [3.05, 3.63) is 29.8 Å². The lowest BCUT2D eigenvalue weighted by molar-refractivity contribution is -0.0994. The van der Waals surface area contributed by atoms with Crippen molar-refractivity contribution in [3.63, 3.8) is 0 Å². The Balaban J connectivity index is 1.96. The number of benzene rings is 1. The lowest BCUT2D eigenvalue weighted by Crippen LogP contribution is -2.64. The summed E-state index contributed by atoms with van der Waals surface area (Å²) >= 11 is 0. The molecule has 3 nitrogen and oxygen atoms in total. The molecule has 1 saturated heterocycles. The smallest absolute Gasteiger partial charge is 0.118 e. The number of piperidine rings is 1. The Labute approximate surface area is 121 Å². The van der Waals surface area contributed by atoms with E-state index in [1.165, 1.54) is 19.3 Å². The van der Waals surface area contributed by atoms with Crippen molar-refractivity contribution in [3.8, 4) is 5.75 Å². The van der Waals surface area contributed by atoms with E-state index in [-0.39, 0.29) is 5.54 Å². The lowest BCUT2D eigenvalue weighted by atomic mass is 9.63. The third-order valence-electron chi connectivity index (χ3n) is 5.25. The quantitative estimate of drug-likeness (QED) is 0.872. The fourth-order valence-electron chi connectivity index (χ4n) is 4.09. The number of rotatable bonds is 2. The minimum absolute atomic E-state index is 0.127. The molecule has 1 aliphatic carbocycles. The van der Waals surface area contributed by atoms with Gasteiger partial charge in [0.25, 0.3) is 0 Å². The van der Waals surface area contributed by atoms with E-state index in [1.807, 2.05) is 24.3 Å². The summed E-state index contributed by atoms with van der Waals surface area (Å²) in [4.78, 5) is 0. The normalized spacial score (nSPS) is 29.3. The molecule has 1 atom stereocenters. The highest BCUT2D eigenvalue weighted by atomic mass is 16.5. The summed E-state index contributed by atoms with van der Waals surface area (Å²) in [5.41, 5.74) is 0.170. The monoisotopic (exact) mass is 275 g/mol. The van der Waals surface area contributed by atoms with Crippen LogP contribution in [0.3, 0.4) is 0 Å². The van der Waals surface area contributed by atoms with Crippen LogP contribution < -0.4 is 10.1 Å². The summed E-state index contributed by atoms with van der Waals surface area (Å²) in [6.07, 6.45) is 7.76. The second-order valence-electron chi connectivity index (χ2n) is 6.26. The minimum Gasteiger partial charge on any atom is -0.497 e. The first-order valence-electron chi connectivity index (χ1n) is 7.82. The highest BCUT2D eigenvalue weighted by Gasteiger charge is 2.52. The molecule has 1 spiro atoms. The van der Waals surface area contributed by atoms with Crippen molar-refractivity contribution in [2.45, 2.75) is 56.1 Å². The molecule has 20 heavy (non-hydrogen) atoms. The first-order valence-corrected chi connectivity index (χ1v) is 7.82. The van der Waals surface area contributed by atoms with Gasteiger partial charge in [-0.1, -0.05) is 31.4 Å². The predicted octanol–water partition coefficient (Wildman–Crippen LogP) is 2.97. The van der Waals surface area contributed by atoms with Crippen molar-refractivity contribution >= 4 is 0 Å². The molecule has 0 bridgehead atoms. The molecule has 1 saturated carbocycles. The minimum atomic E-state index is -0.738. The van der Waals surface area contributed by atoms with Gasteiger partial charge in [-0.05, 0) is 49.9 Å². The summed E-state index contributed by atoms with van der Waals surface area (Å²) in [5.74, 6) is 0.846. The van der Waals surface area contributed by atoms with E-state index in [2.05, 4.69) is 5.32 Å². The number of ether oxygens (including phenoxy) is 1. The fourth-order valence-corrected chi connectivity index (χ4v) is 4.09. The second-order valence-corrected chi connectivity index (χ2v) is 6.26. The highest BCUT2D eigenvalue weighted by molar-refractivity contribution is 5.34. The van der Waals surface area contributed by atoms with Gasteiger partial charge >= 0.3 is 0 Å². The maximum absolute atomic E-state index is 11.5. The molecular formula is C17H25NO2. The molecule has 2 N–H and O–H groups in total. The van der Waals surface area contributed by atoms with E-state index >= 15 is 0 Å². The maximum Gasteiger partial charge on any atom is 0.118 e. The standard InChI is InChI=1S/C17H25NO2/c1-20-15-8-6-14(7-9-15)17(19)12-5-13-18-16(17)10-3-2-4-11-16/h6-9,18-19H,2-5,10-13H2,1H3. The number of nitrogens with one attached hydrogen (secondary N) is 1. The lowest BCUT2D eigenvalue weighted by Gasteiger charge is -2.53. The van der Waals surface area contributed by atoms with E-state index < -0.39 is 5.60 Å². The molecule has 3 rings (SSSR count). The van der Waals surface area contributed by atoms with Gasteiger partial charge in [-0.3, -0.25) is 0 Å². The van der Waals surface area contributed by atoms with Crippen molar-refractivity contribution in [1.82, 2.24) is 5.32 Å². The Morgan fingerprint density at radius 2 is 1.70 bits per heavy atom. The van der Waals surface area contributed by atoms with E-state index in [1.54, 1.807) is 7.11 Å².